The molecule has 3 nitrogen and oxygen atoms in total. The molecule has 0 unspecified atom stereocenters. The van der Waals surface area contributed by atoms with Crippen LogP contribution in [0.4, 0.5) is 4.79 Å². The van der Waals surface area contributed by atoms with Gasteiger partial charge in [-0.25, -0.2) is 4.79 Å². The van der Waals surface area contributed by atoms with Gasteiger partial charge in [0.05, 0.1) is 0 Å². The summed E-state index contributed by atoms with van der Waals surface area (Å²) in [5, 5.41) is 2.96. The fourth-order valence-electron chi connectivity index (χ4n) is 2.05. The van der Waals surface area contributed by atoms with Crippen LogP contribution in [0.5, 0.6) is 0 Å². The van der Waals surface area contributed by atoms with E-state index >= 15 is 0 Å². The summed E-state index contributed by atoms with van der Waals surface area (Å²) in [6.45, 7) is 10.4. The van der Waals surface area contributed by atoms with Crippen LogP contribution < -0.4 is 5.32 Å². The Bertz CT molecular complexity index is 397. The largest absolute Gasteiger partial charge is 0.338 e. The van der Waals surface area contributed by atoms with E-state index in [9.17, 15) is 4.79 Å². The van der Waals surface area contributed by atoms with Gasteiger partial charge in [0.25, 0.3) is 0 Å². The first-order valence-corrected chi connectivity index (χ1v) is 6.67. The van der Waals surface area contributed by atoms with Crippen LogP contribution in [-0.4, -0.2) is 30.6 Å². The Hall–Kier alpha value is -1.51. The molecule has 0 saturated heterocycles. The Balaban J connectivity index is 2.44. The molecule has 2 amide bonds. The first-order chi connectivity index (χ1) is 8.58. The Kier molecular flexibility index (Phi) is 5.69. The number of rotatable bonds is 5. The summed E-state index contributed by atoms with van der Waals surface area (Å²) in [5.41, 5.74) is 3.89. The van der Waals surface area contributed by atoms with Gasteiger partial charge in [-0.1, -0.05) is 23.8 Å². The average molecular weight is 248 g/mol. The van der Waals surface area contributed by atoms with Crippen molar-refractivity contribution >= 4 is 6.03 Å². The summed E-state index contributed by atoms with van der Waals surface area (Å²) in [4.78, 5) is 13.5. The van der Waals surface area contributed by atoms with E-state index in [1.54, 1.807) is 4.90 Å². The molecule has 0 aliphatic carbocycles. The van der Waals surface area contributed by atoms with Crippen molar-refractivity contribution < 1.29 is 4.79 Å². The van der Waals surface area contributed by atoms with Gasteiger partial charge in [-0.15, -0.1) is 0 Å². The molecular formula is C15H24N2O. The van der Waals surface area contributed by atoms with Gasteiger partial charge < -0.3 is 10.2 Å². The molecule has 1 aromatic rings. The highest BCUT2D eigenvalue weighted by Crippen LogP contribution is 2.10. The van der Waals surface area contributed by atoms with Crippen LogP contribution in [0.25, 0.3) is 0 Å². The lowest BCUT2D eigenvalue weighted by molar-refractivity contribution is 0.203. The Morgan fingerprint density at radius 2 is 1.89 bits per heavy atom. The molecular weight excluding hydrogens is 224 g/mol. The minimum absolute atomic E-state index is 0.0322. The maximum Gasteiger partial charge on any atom is 0.317 e. The molecule has 0 aromatic heterocycles. The highest BCUT2D eigenvalue weighted by molar-refractivity contribution is 5.74. The molecule has 1 aromatic carbocycles. The summed E-state index contributed by atoms with van der Waals surface area (Å²) < 4.78 is 0. The normalized spacial score (nSPS) is 10.2. The summed E-state index contributed by atoms with van der Waals surface area (Å²) in [6.07, 6.45) is 0.888. The quantitative estimate of drug-likeness (QED) is 0.853. The third kappa shape index (κ3) is 4.06. The number of urea groups is 1. The summed E-state index contributed by atoms with van der Waals surface area (Å²) in [6, 6.07) is 6.48. The zero-order valence-electron chi connectivity index (χ0n) is 11.9. The van der Waals surface area contributed by atoms with Gasteiger partial charge in [-0.3, -0.25) is 0 Å². The number of hydrogen-bond donors (Lipinski definition) is 1. The number of hydrogen-bond acceptors (Lipinski definition) is 1. The van der Waals surface area contributed by atoms with Crippen molar-refractivity contribution in [3.63, 3.8) is 0 Å². The zero-order chi connectivity index (χ0) is 13.5. The minimum atomic E-state index is 0.0322. The summed E-state index contributed by atoms with van der Waals surface area (Å²) in [5.74, 6) is 0. The lowest BCUT2D eigenvalue weighted by atomic mass is 10.0. The van der Waals surface area contributed by atoms with Crippen LogP contribution in [-0.2, 0) is 6.42 Å². The second-order valence-corrected chi connectivity index (χ2v) is 4.58. The molecule has 100 valence electrons. The van der Waals surface area contributed by atoms with Gasteiger partial charge >= 0.3 is 6.03 Å². The number of aryl methyl sites for hydroxylation is 2. The Morgan fingerprint density at radius 3 is 2.44 bits per heavy atom. The van der Waals surface area contributed by atoms with E-state index in [-0.39, 0.29) is 6.03 Å². The average Bonchev–Trinajstić information content (AvgIpc) is 2.33. The van der Waals surface area contributed by atoms with Crippen molar-refractivity contribution in [2.45, 2.75) is 34.1 Å². The molecule has 18 heavy (non-hydrogen) atoms. The van der Waals surface area contributed by atoms with Crippen LogP contribution in [0.2, 0.25) is 0 Å². The van der Waals surface area contributed by atoms with Gasteiger partial charge in [-0.2, -0.15) is 0 Å². The smallest absolute Gasteiger partial charge is 0.317 e. The Morgan fingerprint density at radius 1 is 1.22 bits per heavy atom. The molecule has 1 rings (SSSR count). The number of nitrogens with one attached hydrogen (secondary N) is 1. The van der Waals surface area contributed by atoms with Crippen molar-refractivity contribution in [3.8, 4) is 0 Å². The zero-order valence-corrected chi connectivity index (χ0v) is 11.9. The molecule has 3 heteroatoms. The lowest BCUT2D eigenvalue weighted by Crippen LogP contribution is -2.40. The van der Waals surface area contributed by atoms with Gasteiger partial charge in [-0.05, 0) is 45.2 Å². The molecule has 0 radical (unpaired) electrons. The predicted octanol–water partition coefficient (Wildman–Crippen LogP) is 2.90. The SMILES string of the molecule is CCN(CC)C(=O)NCCc1ccc(C)cc1C. The van der Waals surface area contributed by atoms with Gasteiger partial charge in [0.1, 0.15) is 0 Å². The molecule has 0 heterocycles. The molecule has 0 atom stereocenters. The Labute approximate surface area is 110 Å². The third-order valence-electron chi connectivity index (χ3n) is 3.22. The van der Waals surface area contributed by atoms with E-state index in [4.69, 9.17) is 0 Å². The van der Waals surface area contributed by atoms with E-state index in [1.165, 1.54) is 16.7 Å². The van der Waals surface area contributed by atoms with Crippen molar-refractivity contribution in [1.29, 1.82) is 0 Å². The standard InChI is InChI=1S/C15H24N2O/c1-5-17(6-2)15(18)16-10-9-14-8-7-12(3)11-13(14)4/h7-8,11H,5-6,9-10H2,1-4H3,(H,16,18). The van der Waals surface area contributed by atoms with Crippen molar-refractivity contribution in [1.82, 2.24) is 10.2 Å². The van der Waals surface area contributed by atoms with E-state index in [0.29, 0.717) is 6.54 Å². The fourth-order valence-corrected chi connectivity index (χ4v) is 2.05. The van der Waals surface area contributed by atoms with Crippen molar-refractivity contribution in [2.24, 2.45) is 0 Å². The highest BCUT2D eigenvalue weighted by atomic mass is 16.2. The second kappa shape index (κ2) is 7.04. The van der Waals surface area contributed by atoms with Crippen LogP contribution in [0.15, 0.2) is 18.2 Å². The molecule has 0 aliphatic heterocycles. The number of benzene rings is 1. The van der Waals surface area contributed by atoms with E-state index < -0.39 is 0 Å². The van der Waals surface area contributed by atoms with Gasteiger partial charge in [0.15, 0.2) is 0 Å². The maximum absolute atomic E-state index is 11.7. The first kappa shape index (κ1) is 14.6. The van der Waals surface area contributed by atoms with Crippen molar-refractivity contribution in [3.05, 3.63) is 34.9 Å². The lowest BCUT2D eigenvalue weighted by Gasteiger charge is -2.19. The maximum atomic E-state index is 11.7. The number of amides is 2. The third-order valence-corrected chi connectivity index (χ3v) is 3.22. The number of carbonyl (C=O) groups excluding carboxylic acids is 1. The number of nitrogens with zero attached hydrogens (tertiary/aromatic N) is 1. The molecule has 0 aliphatic rings. The highest BCUT2D eigenvalue weighted by Gasteiger charge is 2.08. The van der Waals surface area contributed by atoms with E-state index in [0.717, 1.165) is 19.5 Å². The van der Waals surface area contributed by atoms with E-state index in [1.807, 2.05) is 13.8 Å². The first-order valence-electron chi connectivity index (χ1n) is 6.67. The number of carbonyl (C=O) groups is 1. The summed E-state index contributed by atoms with van der Waals surface area (Å²) >= 11 is 0. The van der Waals surface area contributed by atoms with Crippen LogP contribution >= 0.6 is 0 Å². The second-order valence-electron chi connectivity index (χ2n) is 4.58. The van der Waals surface area contributed by atoms with Crippen molar-refractivity contribution in [2.75, 3.05) is 19.6 Å². The van der Waals surface area contributed by atoms with Crippen LogP contribution in [0.1, 0.15) is 30.5 Å². The molecule has 0 bridgehead atoms. The monoisotopic (exact) mass is 248 g/mol. The molecule has 0 fully saturated rings. The van der Waals surface area contributed by atoms with E-state index in [2.05, 4.69) is 37.4 Å². The summed E-state index contributed by atoms with van der Waals surface area (Å²) in [7, 11) is 0. The van der Waals surface area contributed by atoms with Gasteiger partial charge in [0, 0.05) is 19.6 Å². The van der Waals surface area contributed by atoms with Crippen LogP contribution in [0.3, 0.4) is 0 Å². The minimum Gasteiger partial charge on any atom is -0.338 e. The topological polar surface area (TPSA) is 32.3 Å². The predicted molar refractivity (Wildman–Crippen MR) is 75.9 cm³/mol. The molecule has 0 saturated carbocycles. The molecule has 0 spiro atoms. The fraction of sp³-hybridized carbons (Fsp3) is 0.533. The van der Waals surface area contributed by atoms with Crippen LogP contribution in [0, 0.1) is 13.8 Å². The van der Waals surface area contributed by atoms with Gasteiger partial charge in [0.2, 0.25) is 0 Å². The molecule has 1 N–H and O–H groups in total.